The maximum Gasteiger partial charge on any atom is 0.307 e. The van der Waals surface area contributed by atoms with Crippen LogP contribution in [0.25, 0.3) is 0 Å². The highest BCUT2D eigenvalue weighted by Crippen LogP contribution is 2.33. The first-order chi connectivity index (χ1) is 10.0. The highest BCUT2D eigenvalue weighted by molar-refractivity contribution is 5.85. The summed E-state index contributed by atoms with van der Waals surface area (Å²) < 4.78 is 0. The van der Waals surface area contributed by atoms with Gasteiger partial charge in [0, 0.05) is 6.04 Å². The van der Waals surface area contributed by atoms with Gasteiger partial charge in [0.2, 0.25) is 5.91 Å². The number of carboxylic acids is 1. The lowest BCUT2D eigenvalue weighted by atomic mass is 9.76. The minimum atomic E-state index is -0.807. The van der Waals surface area contributed by atoms with Crippen molar-refractivity contribution in [3.8, 4) is 0 Å². The van der Waals surface area contributed by atoms with Crippen LogP contribution in [-0.4, -0.2) is 23.0 Å². The number of nitrogens with one attached hydrogen (secondary N) is 1. The molecule has 4 heteroatoms. The topological polar surface area (TPSA) is 66.4 Å². The molecule has 2 N–H and O–H groups in total. The molecule has 120 valence electrons. The van der Waals surface area contributed by atoms with Gasteiger partial charge in [-0.2, -0.15) is 0 Å². The average Bonchev–Trinajstić information content (AvgIpc) is 2.47. The van der Waals surface area contributed by atoms with Gasteiger partial charge >= 0.3 is 5.97 Å². The van der Waals surface area contributed by atoms with Gasteiger partial charge in [0.25, 0.3) is 0 Å². The first kappa shape index (κ1) is 16.3. The minimum Gasteiger partial charge on any atom is -0.481 e. The molecule has 0 radical (unpaired) electrons. The van der Waals surface area contributed by atoms with Crippen molar-refractivity contribution in [2.45, 2.75) is 71.3 Å². The van der Waals surface area contributed by atoms with Gasteiger partial charge in [0.1, 0.15) is 0 Å². The summed E-state index contributed by atoms with van der Waals surface area (Å²) in [5.74, 6) is -0.531. The van der Waals surface area contributed by atoms with Crippen molar-refractivity contribution in [3.63, 3.8) is 0 Å². The predicted octanol–water partition coefficient (Wildman–Crippen LogP) is 3.21. The third kappa shape index (κ3) is 3.98. The SMILES string of the molecule is CC(C)C1CCCCC1NC(=O)C1CCCCC1C(=O)O. The highest BCUT2D eigenvalue weighted by Gasteiger charge is 2.37. The molecule has 2 saturated carbocycles. The van der Waals surface area contributed by atoms with Gasteiger partial charge in [-0.15, -0.1) is 0 Å². The van der Waals surface area contributed by atoms with Crippen molar-refractivity contribution < 1.29 is 14.7 Å². The Kier molecular flexibility index (Phi) is 5.65. The second-order valence-electron chi connectivity index (χ2n) is 7.14. The van der Waals surface area contributed by atoms with Crippen LogP contribution < -0.4 is 5.32 Å². The van der Waals surface area contributed by atoms with Crippen LogP contribution in [0, 0.1) is 23.7 Å². The Bertz CT molecular complexity index is 380. The summed E-state index contributed by atoms with van der Waals surface area (Å²) in [5, 5.41) is 12.5. The van der Waals surface area contributed by atoms with Crippen LogP contribution in [0.1, 0.15) is 65.2 Å². The molecule has 0 aromatic carbocycles. The zero-order valence-electron chi connectivity index (χ0n) is 13.3. The van der Waals surface area contributed by atoms with E-state index in [0.717, 1.165) is 25.7 Å². The lowest BCUT2D eigenvalue weighted by molar-refractivity contribution is -0.149. The summed E-state index contributed by atoms with van der Waals surface area (Å²) in [4.78, 5) is 23.9. The molecule has 2 fully saturated rings. The molecule has 0 spiro atoms. The van der Waals surface area contributed by atoms with E-state index in [1.165, 1.54) is 19.3 Å². The Balaban J connectivity index is 1.99. The fourth-order valence-corrected chi connectivity index (χ4v) is 4.17. The molecule has 1 amide bonds. The Morgan fingerprint density at radius 1 is 0.952 bits per heavy atom. The zero-order valence-corrected chi connectivity index (χ0v) is 13.3. The number of hydrogen-bond acceptors (Lipinski definition) is 2. The van der Waals surface area contributed by atoms with E-state index in [2.05, 4.69) is 19.2 Å². The highest BCUT2D eigenvalue weighted by atomic mass is 16.4. The molecular formula is C17H29NO3. The van der Waals surface area contributed by atoms with Crippen LogP contribution in [0.3, 0.4) is 0 Å². The summed E-state index contributed by atoms with van der Waals surface area (Å²) in [6.07, 6.45) is 7.90. The predicted molar refractivity (Wildman–Crippen MR) is 81.8 cm³/mol. The van der Waals surface area contributed by atoms with E-state index in [1.54, 1.807) is 0 Å². The van der Waals surface area contributed by atoms with Gasteiger partial charge < -0.3 is 10.4 Å². The maximum absolute atomic E-state index is 12.6. The summed E-state index contributed by atoms with van der Waals surface area (Å²) >= 11 is 0. The van der Waals surface area contributed by atoms with Crippen molar-refractivity contribution in [2.24, 2.45) is 23.7 Å². The second-order valence-corrected chi connectivity index (χ2v) is 7.14. The van der Waals surface area contributed by atoms with E-state index in [-0.39, 0.29) is 17.9 Å². The Labute approximate surface area is 127 Å². The molecule has 0 aromatic heterocycles. The van der Waals surface area contributed by atoms with Gasteiger partial charge in [-0.1, -0.05) is 39.5 Å². The van der Waals surface area contributed by atoms with Crippen LogP contribution >= 0.6 is 0 Å². The number of rotatable bonds is 4. The Morgan fingerprint density at radius 2 is 1.52 bits per heavy atom. The summed E-state index contributed by atoms with van der Waals surface area (Å²) in [7, 11) is 0. The average molecular weight is 295 g/mol. The third-order valence-electron chi connectivity index (χ3n) is 5.42. The van der Waals surface area contributed by atoms with Crippen molar-refractivity contribution in [2.75, 3.05) is 0 Å². The van der Waals surface area contributed by atoms with E-state index in [1.807, 2.05) is 0 Å². The molecule has 0 bridgehead atoms. The van der Waals surface area contributed by atoms with Crippen molar-refractivity contribution in [1.82, 2.24) is 5.32 Å². The van der Waals surface area contributed by atoms with Crippen molar-refractivity contribution >= 4 is 11.9 Å². The molecule has 2 aliphatic carbocycles. The Morgan fingerprint density at radius 3 is 2.14 bits per heavy atom. The molecule has 0 saturated heterocycles. The maximum atomic E-state index is 12.6. The van der Waals surface area contributed by atoms with Crippen LogP contribution in [-0.2, 0) is 9.59 Å². The lowest BCUT2D eigenvalue weighted by Crippen LogP contribution is -2.48. The van der Waals surface area contributed by atoms with E-state index < -0.39 is 11.9 Å². The number of amides is 1. The standard InChI is InChI=1S/C17H29NO3/c1-11(2)12-7-5-6-10-15(12)18-16(19)13-8-3-4-9-14(13)17(20)21/h11-15H,3-10H2,1-2H3,(H,18,19)(H,20,21). The fraction of sp³-hybridized carbons (Fsp3) is 0.882. The lowest BCUT2D eigenvalue weighted by Gasteiger charge is -2.37. The van der Waals surface area contributed by atoms with E-state index >= 15 is 0 Å². The number of carbonyl (C=O) groups excluding carboxylic acids is 1. The molecule has 0 aromatic rings. The normalized spacial score (nSPS) is 33.7. The van der Waals surface area contributed by atoms with E-state index in [0.29, 0.717) is 18.3 Å². The Hall–Kier alpha value is -1.06. The molecule has 21 heavy (non-hydrogen) atoms. The number of carboxylic acid groups (broad SMARTS) is 1. The number of hydrogen-bond donors (Lipinski definition) is 2. The van der Waals surface area contributed by atoms with Gasteiger partial charge in [0.05, 0.1) is 11.8 Å². The van der Waals surface area contributed by atoms with Crippen LogP contribution in [0.4, 0.5) is 0 Å². The summed E-state index contributed by atoms with van der Waals surface area (Å²) in [5.41, 5.74) is 0. The van der Waals surface area contributed by atoms with Crippen molar-refractivity contribution in [1.29, 1.82) is 0 Å². The van der Waals surface area contributed by atoms with Gasteiger partial charge in [0.15, 0.2) is 0 Å². The molecule has 4 atom stereocenters. The molecular weight excluding hydrogens is 266 g/mol. The summed E-state index contributed by atoms with van der Waals surface area (Å²) in [6, 6.07) is 0.239. The zero-order chi connectivity index (χ0) is 15.4. The minimum absolute atomic E-state index is 0.0142. The quantitative estimate of drug-likeness (QED) is 0.837. The van der Waals surface area contributed by atoms with Crippen molar-refractivity contribution in [3.05, 3.63) is 0 Å². The summed E-state index contributed by atoms with van der Waals surface area (Å²) in [6.45, 7) is 4.44. The van der Waals surface area contributed by atoms with Gasteiger partial charge in [-0.05, 0) is 37.5 Å². The number of aliphatic carboxylic acids is 1. The van der Waals surface area contributed by atoms with Gasteiger partial charge in [-0.3, -0.25) is 9.59 Å². The van der Waals surface area contributed by atoms with E-state index in [9.17, 15) is 14.7 Å². The largest absolute Gasteiger partial charge is 0.481 e. The van der Waals surface area contributed by atoms with Crippen LogP contribution in [0.5, 0.6) is 0 Å². The molecule has 0 heterocycles. The first-order valence-corrected chi connectivity index (χ1v) is 8.54. The fourth-order valence-electron chi connectivity index (χ4n) is 4.17. The molecule has 4 unspecified atom stereocenters. The molecule has 4 nitrogen and oxygen atoms in total. The first-order valence-electron chi connectivity index (χ1n) is 8.54. The van der Waals surface area contributed by atoms with Gasteiger partial charge in [-0.25, -0.2) is 0 Å². The smallest absolute Gasteiger partial charge is 0.307 e. The van der Waals surface area contributed by atoms with Crippen LogP contribution in [0.2, 0.25) is 0 Å². The van der Waals surface area contributed by atoms with Crippen LogP contribution in [0.15, 0.2) is 0 Å². The molecule has 2 aliphatic rings. The monoisotopic (exact) mass is 295 g/mol. The van der Waals surface area contributed by atoms with E-state index in [4.69, 9.17) is 0 Å². The number of carbonyl (C=O) groups is 2. The second kappa shape index (κ2) is 7.28. The molecule has 0 aliphatic heterocycles. The third-order valence-corrected chi connectivity index (χ3v) is 5.42. The molecule has 2 rings (SSSR count).